The normalized spacial score (nSPS) is 10.6. The maximum Gasteiger partial charge on any atom is 0.336 e. The molecule has 0 saturated carbocycles. The van der Waals surface area contributed by atoms with Crippen molar-refractivity contribution in [3.8, 4) is 0 Å². The van der Waals surface area contributed by atoms with Crippen molar-refractivity contribution in [2.24, 2.45) is 0 Å². The standard InChI is InChI=1S/C21H16FN5O2S/c22-18-4-2-1-3-17(18)20(28)24-14-5-8-16(9-6-14)27(30)21(29)25-15-7-10-19-13(11-15)12-23-26-19/h1-12,30H,(H,23,26)(H,24,28)(H,25,29). The summed E-state index contributed by atoms with van der Waals surface area (Å²) in [6, 6.07) is 17.1. The van der Waals surface area contributed by atoms with Crippen LogP contribution in [-0.4, -0.2) is 22.1 Å². The summed E-state index contributed by atoms with van der Waals surface area (Å²) in [5.74, 6) is -1.16. The monoisotopic (exact) mass is 421 g/mol. The van der Waals surface area contributed by atoms with Crippen LogP contribution in [0.25, 0.3) is 10.9 Å². The largest absolute Gasteiger partial charge is 0.336 e. The van der Waals surface area contributed by atoms with Crippen LogP contribution in [0.2, 0.25) is 0 Å². The van der Waals surface area contributed by atoms with Crippen molar-refractivity contribution >= 4 is 52.7 Å². The fourth-order valence-electron chi connectivity index (χ4n) is 2.84. The Bertz CT molecular complexity index is 1230. The van der Waals surface area contributed by atoms with Crippen molar-refractivity contribution in [3.63, 3.8) is 0 Å². The summed E-state index contributed by atoms with van der Waals surface area (Å²) in [6.45, 7) is 0. The predicted octanol–water partition coefficient (Wildman–Crippen LogP) is 4.84. The van der Waals surface area contributed by atoms with Gasteiger partial charge in [0.05, 0.1) is 23.0 Å². The number of nitrogens with zero attached hydrogens (tertiary/aromatic N) is 2. The van der Waals surface area contributed by atoms with Gasteiger partial charge in [-0.15, -0.1) is 0 Å². The first-order chi connectivity index (χ1) is 14.5. The minimum atomic E-state index is -0.599. The summed E-state index contributed by atoms with van der Waals surface area (Å²) in [4.78, 5) is 24.7. The molecule has 3 N–H and O–H groups in total. The molecule has 3 aromatic carbocycles. The van der Waals surface area contributed by atoms with Gasteiger partial charge in [0.1, 0.15) is 5.82 Å². The zero-order valence-electron chi connectivity index (χ0n) is 15.5. The molecule has 0 aliphatic heterocycles. The number of fused-ring (bicyclic) bond motifs is 1. The van der Waals surface area contributed by atoms with Gasteiger partial charge in [0.15, 0.2) is 0 Å². The summed E-state index contributed by atoms with van der Waals surface area (Å²) >= 11 is 4.25. The number of nitrogens with one attached hydrogen (secondary N) is 3. The Morgan fingerprint density at radius 1 is 0.967 bits per heavy atom. The van der Waals surface area contributed by atoms with E-state index in [1.54, 1.807) is 48.7 Å². The topological polar surface area (TPSA) is 90.1 Å². The van der Waals surface area contributed by atoms with Gasteiger partial charge in [-0.05, 0) is 54.6 Å². The first-order valence-electron chi connectivity index (χ1n) is 8.90. The van der Waals surface area contributed by atoms with Gasteiger partial charge < -0.3 is 10.6 Å². The van der Waals surface area contributed by atoms with E-state index in [0.717, 1.165) is 15.2 Å². The Labute approximate surface area is 176 Å². The molecule has 7 nitrogen and oxygen atoms in total. The second kappa shape index (κ2) is 8.26. The molecule has 0 spiro atoms. The van der Waals surface area contributed by atoms with Crippen LogP contribution in [0.4, 0.5) is 26.2 Å². The van der Waals surface area contributed by atoms with Crippen LogP contribution >= 0.6 is 12.8 Å². The molecule has 9 heteroatoms. The molecule has 0 radical (unpaired) electrons. The third kappa shape index (κ3) is 4.11. The van der Waals surface area contributed by atoms with Gasteiger partial charge in [0.2, 0.25) is 0 Å². The molecule has 0 aliphatic carbocycles. The highest BCUT2D eigenvalue weighted by molar-refractivity contribution is 7.82. The lowest BCUT2D eigenvalue weighted by molar-refractivity contribution is 0.102. The number of anilines is 3. The molecular formula is C21H16FN5O2S. The summed E-state index contributed by atoms with van der Waals surface area (Å²) in [5, 5.41) is 13.0. The maximum atomic E-state index is 13.7. The molecule has 1 aromatic heterocycles. The first kappa shape index (κ1) is 19.5. The Hall–Kier alpha value is -3.85. The van der Waals surface area contributed by atoms with Crippen LogP contribution in [0.3, 0.4) is 0 Å². The lowest BCUT2D eigenvalue weighted by Gasteiger charge is -2.17. The third-order valence-electron chi connectivity index (χ3n) is 4.37. The van der Waals surface area contributed by atoms with E-state index in [1.165, 1.54) is 18.2 Å². The fraction of sp³-hybridized carbons (Fsp3) is 0. The average Bonchev–Trinajstić information content (AvgIpc) is 3.22. The molecule has 0 aliphatic rings. The first-order valence-corrected chi connectivity index (χ1v) is 9.30. The van der Waals surface area contributed by atoms with E-state index >= 15 is 0 Å². The minimum Gasteiger partial charge on any atom is -0.322 e. The number of H-pyrrole nitrogens is 1. The molecule has 0 bridgehead atoms. The van der Waals surface area contributed by atoms with Gasteiger partial charge in [-0.1, -0.05) is 24.9 Å². The molecular weight excluding hydrogens is 405 g/mol. The lowest BCUT2D eigenvalue weighted by Crippen LogP contribution is -2.26. The number of carbonyl (C=O) groups is 2. The molecule has 4 rings (SSSR count). The zero-order valence-corrected chi connectivity index (χ0v) is 16.4. The number of hydrogen-bond donors (Lipinski definition) is 4. The number of rotatable bonds is 4. The van der Waals surface area contributed by atoms with Crippen molar-refractivity contribution < 1.29 is 14.0 Å². The van der Waals surface area contributed by atoms with Crippen LogP contribution < -0.4 is 14.9 Å². The number of carbonyl (C=O) groups excluding carboxylic acids is 2. The van der Waals surface area contributed by atoms with Crippen LogP contribution in [-0.2, 0) is 0 Å². The number of halogens is 1. The Morgan fingerprint density at radius 2 is 1.70 bits per heavy atom. The fourth-order valence-corrected chi connectivity index (χ4v) is 3.03. The molecule has 3 amide bonds. The second-order valence-electron chi connectivity index (χ2n) is 6.39. The molecule has 1 heterocycles. The van der Waals surface area contributed by atoms with E-state index in [1.807, 2.05) is 6.07 Å². The van der Waals surface area contributed by atoms with Gasteiger partial charge >= 0.3 is 6.03 Å². The maximum absolute atomic E-state index is 13.7. The second-order valence-corrected chi connectivity index (χ2v) is 6.79. The van der Waals surface area contributed by atoms with E-state index in [-0.39, 0.29) is 5.56 Å². The summed E-state index contributed by atoms with van der Waals surface area (Å²) < 4.78 is 14.9. The van der Waals surface area contributed by atoms with Gasteiger partial charge in [0.25, 0.3) is 5.91 Å². The summed E-state index contributed by atoms with van der Waals surface area (Å²) in [6.07, 6.45) is 1.66. The third-order valence-corrected chi connectivity index (χ3v) is 4.78. The number of amides is 3. The summed E-state index contributed by atoms with van der Waals surface area (Å²) in [5.41, 5.74) is 2.36. The molecule has 0 saturated heterocycles. The van der Waals surface area contributed by atoms with E-state index in [4.69, 9.17) is 0 Å². The molecule has 0 unspecified atom stereocenters. The number of aromatic nitrogens is 2. The number of aromatic amines is 1. The van der Waals surface area contributed by atoms with Crippen molar-refractivity contribution in [1.82, 2.24) is 10.2 Å². The highest BCUT2D eigenvalue weighted by Crippen LogP contribution is 2.23. The van der Waals surface area contributed by atoms with Gasteiger partial charge in [-0.25, -0.2) is 13.5 Å². The van der Waals surface area contributed by atoms with Crippen molar-refractivity contribution in [3.05, 3.63) is 84.3 Å². The predicted molar refractivity (Wildman–Crippen MR) is 117 cm³/mol. The molecule has 4 aromatic rings. The number of urea groups is 1. The molecule has 0 fully saturated rings. The van der Waals surface area contributed by atoms with E-state index in [0.29, 0.717) is 17.1 Å². The quantitative estimate of drug-likeness (QED) is 0.356. The summed E-state index contributed by atoms with van der Waals surface area (Å²) in [7, 11) is 0. The lowest BCUT2D eigenvalue weighted by atomic mass is 10.2. The SMILES string of the molecule is O=C(Nc1ccc(N(S)C(=O)Nc2ccc3[nH]ncc3c2)cc1)c1ccccc1F. The smallest absolute Gasteiger partial charge is 0.322 e. The minimum absolute atomic E-state index is 0.0497. The van der Waals surface area contributed by atoms with Gasteiger partial charge in [-0.3, -0.25) is 9.89 Å². The van der Waals surface area contributed by atoms with Crippen LogP contribution in [0, 0.1) is 5.82 Å². The number of benzene rings is 3. The van der Waals surface area contributed by atoms with Gasteiger partial charge in [-0.2, -0.15) is 5.10 Å². The van der Waals surface area contributed by atoms with Crippen molar-refractivity contribution in [1.29, 1.82) is 0 Å². The molecule has 0 atom stereocenters. The Morgan fingerprint density at radius 3 is 2.47 bits per heavy atom. The average molecular weight is 421 g/mol. The van der Waals surface area contributed by atoms with E-state index < -0.39 is 17.8 Å². The van der Waals surface area contributed by atoms with Crippen LogP contribution in [0.15, 0.2) is 72.9 Å². The van der Waals surface area contributed by atoms with Crippen molar-refractivity contribution in [2.75, 3.05) is 14.9 Å². The number of hydrogen-bond acceptors (Lipinski definition) is 4. The zero-order chi connectivity index (χ0) is 21.1. The van der Waals surface area contributed by atoms with Crippen LogP contribution in [0.1, 0.15) is 10.4 Å². The Balaban J connectivity index is 1.41. The highest BCUT2D eigenvalue weighted by Gasteiger charge is 2.14. The highest BCUT2D eigenvalue weighted by atomic mass is 32.1. The van der Waals surface area contributed by atoms with E-state index in [2.05, 4.69) is 33.6 Å². The van der Waals surface area contributed by atoms with Crippen LogP contribution in [0.5, 0.6) is 0 Å². The van der Waals surface area contributed by atoms with Gasteiger partial charge in [0, 0.05) is 16.8 Å². The molecule has 150 valence electrons. The van der Waals surface area contributed by atoms with Crippen molar-refractivity contribution in [2.45, 2.75) is 0 Å². The number of thiol groups is 1. The Kier molecular flexibility index (Phi) is 5.36. The molecule has 30 heavy (non-hydrogen) atoms. The van der Waals surface area contributed by atoms with E-state index in [9.17, 15) is 14.0 Å².